The lowest BCUT2D eigenvalue weighted by Gasteiger charge is -2.16. The number of halogens is 1. The minimum Gasteiger partial charge on any atom is -0.456 e. The van der Waals surface area contributed by atoms with Gasteiger partial charge in [0.25, 0.3) is 0 Å². The van der Waals surface area contributed by atoms with Crippen LogP contribution in [0.5, 0.6) is 11.5 Å². The van der Waals surface area contributed by atoms with Crippen LogP contribution < -0.4 is 4.74 Å². The Hall–Kier alpha value is -1.79. The molecule has 0 heterocycles. The molecule has 0 amide bonds. The number of ether oxygens (including phenoxy) is 1. The molecule has 2 rings (SSSR count). The molecule has 0 aliphatic rings. The highest BCUT2D eigenvalue weighted by Gasteiger charge is 2.11. The van der Waals surface area contributed by atoms with Crippen LogP contribution in [0.2, 0.25) is 0 Å². The van der Waals surface area contributed by atoms with Crippen molar-refractivity contribution in [2.45, 2.75) is 26.2 Å². The number of hydrogen-bond donors (Lipinski definition) is 0. The number of benzene rings is 2. The van der Waals surface area contributed by atoms with Crippen molar-refractivity contribution in [3.05, 3.63) is 58.1 Å². The lowest BCUT2D eigenvalue weighted by Crippen LogP contribution is -1.96. The quantitative estimate of drug-likeness (QED) is 0.728. The monoisotopic (exact) mass is 329 g/mol. The first kappa shape index (κ1) is 14.6. The van der Waals surface area contributed by atoms with Crippen LogP contribution in [0.4, 0.5) is 0 Å². The average Bonchev–Trinajstić information content (AvgIpc) is 2.49. The Labute approximate surface area is 128 Å². The molecule has 3 heteroatoms. The van der Waals surface area contributed by atoms with Crippen molar-refractivity contribution in [1.29, 1.82) is 5.26 Å². The fourth-order valence-corrected chi connectivity index (χ4v) is 2.43. The summed E-state index contributed by atoms with van der Waals surface area (Å²) in [6.07, 6.45) is 1.06. The molecule has 2 aromatic carbocycles. The first-order chi connectivity index (χ1) is 9.65. The van der Waals surface area contributed by atoms with Crippen LogP contribution in [0, 0.1) is 11.3 Å². The topological polar surface area (TPSA) is 33.0 Å². The Balaban J connectivity index is 2.33. The molecule has 102 valence electrons. The van der Waals surface area contributed by atoms with E-state index in [-0.39, 0.29) is 0 Å². The predicted molar refractivity (Wildman–Crippen MR) is 84.1 cm³/mol. The summed E-state index contributed by atoms with van der Waals surface area (Å²) in [5.74, 6) is 2.04. The van der Waals surface area contributed by atoms with Gasteiger partial charge >= 0.3 is 0 Å². The molecule has 0 N–H and O–H groups in total. The van der Waals surface area contributed by atoms with Crippen molar-refractivity contribution in [2.75, 3.05) is 0 Å². The van der Waals surface area contributed by atoms with E-state index in [1.807, 2.05) is 24.3 Å². The Morgan fingerprint density at radius 3 is 2.60 bits per heavy atom. The second-order valence-electron chi connectivity index (χ2n) is 4.71. The summed E-state index contributed by atoms with van der Waals surface area (Å²) in [6.45, 7) is 4.36. The van der Waals surface area contributed by atoms with Crippen LogP contribution in [-0.2, 0) is 0 Å². The van der Waals surface area contributed by atoms with E-state index in [1.54, 1.807) is 12.1 Å². The molecule has 1 atom stereocenters. The van der Waals surface area contributed by atoms with Gasteiger partial charge in [-0.05, 0) is 58.1 Å². The lowest BCUT2D eigenvalue weighted by atomic mass is 9.98. The van der Waals surface area contributed by atoms with Gasteiger partial charge in [-0.15, -0.1) is 0 Å². The highest BCUT2D eigenvalue weighted by atomic mass is 79.9. The Morgan fingerprint density at radius 1 is 1.20 bits per heavy atom. The van der Waals surface area contributed by atoms with E-state index in [4.69, 9.17) is 10.00 Å². The molecule has 20 heavy (non-hydrogen) atoms. The molecule has 0 aliphatic heterocycles. The summed E-state index contributed by atoms with van der Waals surface area (Å²) in [5.41, 5.74) is 1.81. The lowest BCUT2D eigenvalue weighted by molar-refractivity contribution is 0.467. The van der Waals surface area contributed by atoms with Gasteiger partial charge in [0.15, 0.2) is 0 Å². The summed E-state index contributed by atoms with van der Waals surface area (Å²) < 4.78 is 6.79. The zero-order valence-corrected chi connectivity index (χ0v) is 13.1. The highest BCUT2D eigenvalue weighted by molar-refractivity contribution is 9.10. The van der Waals surface area contributed by atoms with Crippen LogP contribution in [0.15, 0.2) is 46.9 Å². The third kappa shape index (κ3) is 3.20. The van der Waals surface area contributed by atoms with Crippen LogP contribution >= 0.6 is 15.9 Å². The van der Waals surface area contributed by atoms with Crippen LogP contribution in [0.25, 0.3) is 0 Å². The van der Waals surface area contributed by atoms with Gasteiger partial charge in [0.1, 0.15) is 11.5 Å². The molecule has 2 nitrogen and oxygen atoms in total. The van der Waals surface area contributed by atoms with Crippen LogP contribution in [0.3, 0.4) is 0 Å². The van der Waals surface area contributed by atoms with E-state index in [1.165, 1.54) is 5.56 Å². The Kier molecular flexibility index (Phi) is 4.81. The molecule has 0 spiro atoms. The van der Waals surface area contributed by atoms with Gasteiger partial charge in [0, 0.05) is 0 Å². The second-order valence-corrected chi connectivity index (χ2v) is 5.56. The van der Waals surface area contributed by atoms with E-state index in [0.29, 0.717) is 11.5 Å². The van der Waals surface area contributed by atoms with Gasteiger partial charge < -0.3 is 4.74 Å². The molecule has 0 fully saturated rings. The standard InChI is InChI=1S/C17H16BrNO/c1-3-12(2)14-6-4-5-7-16(14)20-17-9-8-13(11-19)10-15(17)18/h4-10,12H,3H2,1-2H3. The number of rotatable bonds is 4. The average molecular weight is 330 g/mol. The molecule has 0 saturated carbocycles. The van der Waals surface area contributed by atoms with Gasteiger partial charge in [-0.1, -0.05) is 32.0 Å². The van der Waals surface area contributed by atoms with Gasteiger partial charge in [0.05, 0.1) is 16.1 Å². The highest BCUT2D eigenvalue weighted by Crippen LogP contribution is 2.35. The number of nitriles is 1. The number of hydrogen-bond acceptors (Lipinski definition) is 2. The maximum atomic E-state index is 8.88. The predicted octanol–water partition coefficient (Wildman–Crippen LogP) is 5.63. The Morgan fingerprint density at radius 2 is 1.95 bits per heavy atom. The number of nitrogens with zero attached hydrogens (tertiary/aromatic N) is 1. The van der Waals surface area contributed by atoms with Gasteiger partial charge in [0.2, 0.25) is 0 Å². The zero-order valence-electron chi connectivity index (χ0n) is 11.6. The van der Waals surface area contributed by atoms with E-state index >= 15 is 0 Å². The SMILES string of the molecule is CCC(C)c1ccccc1Oc1ccc(C#N)cc1Br. The first-order valence-corrected chi connectivity index (χ1v) is 7.41. The molecule has 2 aromatic rings. The summed E-state index contributed by atoms with van der Waals surface area (Å²) in [6, 6.07) is 15.5. The van der Waals surface area contributed by atoms with E-state index in [9.17, 15) is 0 Å². The summed E-state index contributed by atoms with van der Waals surface area (Å²) in [5, 5.41) is 8.88. The molecule has 0 radical (unpaired) electrons. The van der Waals surface area contributed by atoms with Crippen molar-refractivity contribution in [2.24, 2.45) is 0 Å². The maximum Gasteiger partial charge on any atom is 0.141 e. The molecule has 1 unspecified atom stereocenters. The summed E-state index contributed by atoms with van der Waals surface area (Å²) in [4.78, 5) is 0. The van der Waals surface area contributed by atoms with E-state index < -0.39 is 0 Å². The molecular formula is C17H16BrNO. The zero-order chi connectivity index (χ0) is 14.5. The first-order valence-electron chi connectivity index (χ1n) is 6.62. The normalized spacial score (nSPS) is 11.7. The third-order valence-corrected chi connectivity index (χ3v) is 3.96. The molecule has 0 aliphatic carbocycles. The molecule has 0 saturated heterocycles. The van der Waals surface area contributed by atoms with E-state index in [0.717, 1.165) is 22.4 Å². The summed E-state index contributed by atoms with van der Waals surface area (Å²) >= 11 is 3.45. The third-order valence-electron chi connectivity index (χ3n) is 3.34. The van der Waals surface area contributed by atoms with Gasteiger partial charge in [-0.25, -0.2) is 0 Å². The molecule has 0 bridgehead atoms. The second kappa shape index (κ2) is 6.58. The smallest absolute Gasteiger partial charge is 0.141 e. The fraction of sp³-hybridized carbons (Fsp3) is 0.235. The van der Waals surface area contributed by atoms with Crippen molar-refractivity contribution >= 4 is 15.9 Å². The van der Waals surface area contributed by atoms with E-state index in [2.05, 4.69) is 41.9 Å². The van der Waals surface area contributed by atoms with Gasteiger partial charge in [-0.3, -0.25) is 0 Å². The van der Waals surface area contributed by atoms with Crippen molar-refractivity contribution in [3.8, 4) is 17.6 Å². The molecular weight excluding hydrogens is 314 g/mol. The molecule has 0 aromatic heterocycles. The maximum absolute atomic E-state index is 8.88. The van der Waals surface area contributed by atoms with Gasteiger partial charge in [-0.2, -0.15) is 5.26 Å². The van der Waals surface area contributed by atoms with Crippen molar-refractivity contribution in [1.82, 2.24) is 0 Å². The minimum atomic E-state index is 0.448. The van der Waals surface area contributed by atoms with Crippen LogP contribution in [-0.4, -0.2) is 0 Å². The number of para-hydroxylation sites is 1. The van der Waals surface area contributed by atoms with Crippen LogP contribution in [0.1, 0.15) is 37.3 Å². The fourth-order valence-electron chi connectivity index (χ4n) is 1.97. The largest absolute Gasteiger partial charge is 0.456 e. The van der Waals surface area contributed by atoms with Crippen molar-refractivity contribution in [3.63, 3.8) is 0 Å². The summed E-state index contributed by atoms with van der Waals surface area (Å²) in [7, 11) is 0. The Bertz CT molecular complexity index is 646. The van der Waals surface area contributed by atoms with Crippen molar-refractivity contribution < 1.29 is 4.74 Å². The minimum absolute atomic E-state index is 0.448.